The van der Waals surface area contributed by atoms with Crippen molar-refractivity contribution in [2.45, 2.75) is 19.4 Å². The van der Waals surface area contributed by atoms with Crippen molar-refractivity contribution in [2.24, 2.45) is 5.73 Å². The number of para-hydroxylation sites is 1. The molecular formula is C15H15F2NO. The predicted octanol–water partition coefficient (Wildman–Crippen LogP) is 4.17. The molecule has 0 radical (unpaired) electrons. The third-order valence-electron chi connectivity index (χ3n) is 2.88. The van der Waals surface area contributed by atoms with Crippen LogP contribution in [0.2, 0.25) is 0 Å². The fourth-order valence-electron chi connectivity index (χ4n) is 1.77. The highest BCUT2D eigenvalue weighted by atomic mass is 19.2. The van der Waals surface area contributed by atoms with Crippen LogP contribution < -0.4 is 10.5 Å². The first-order valence-corrected chi connectivity index (χ1v) is 6.09. The summed E-state index contributed by atoms with van der Waals surface area (Å²) in [6.07, 6.45) is 0.762. The van der Waals surface area contributed by atoms with Crippen molar-refractivity contribution in [3.8, 4) is 11.5 Å². The van der Waals surface area contributed by atoms with E-state index in [1.807, 2.05) is 19.1 Å². The Balaban J connectivity index is 2.30. The van der Waals surface area contributed by atoms with Crippen LogP contribution in [0.4, 0.5) is 8.78 Å². The van der Waals surface area contributed by atoms with E-state index in [0.29, 0.717) is 5.75 Å². The molecule has 0 amide bonds. The molecule has 0 aliphatic carbocycles. The monoisotopic (exact) mass is 263 g/mol. The molecule has 19 heavy (non-hydrogen) atoms. The van der Waals surface area contributed by atoms with Gasteiger partial charge < -0.3 is 10.5 Å². The van der Waals surface area contributed by atoms with Crippen molar-refractivity contribution in [1.82, 2.24) is 0 Å². The predicted molar refractivity (Wildman–Crippen MR) is 70.1 cm³/mol. The number of hydrogen-bond acceptors (Lipinski definition) is 2. The Bertz CT molecular complexity index is 572. The molecule has 0 aromatic heterocycles. The van der Waals surface area contributed by atoms with E-state index in [-0.39, 0.29) is 11.8 Å². The number of benzene rings is 2. The summed E-state index contributed by atoms with van der Waals surface area (Å²) in [6.45, 7) is 1.97. The normalized spacial score (nSPS) is 12.2. The Morgan fingerprint density at radius 2 is 1.84 bits per heavy atom. The lowest BCUT2D eigenvalue weighted by atomic mass is 10.0. The zero-order chi connectivity index (χ0) is 13.8. The van der Waals surface area contributed by atoms with Gasteiger partial charge in [-0.1, -0.05) is 25.1 Å². The van der Waals surface area contributed by atoms with Crippen LogP contribution in [0, 0.1) is 11.6 Å². The van der Waals surface area contributed by atoms with Gasteiger partial charge in [0, 0.05) is 17.7 Å². The summed E-state index contributed by atoms with van der Waals surface area (Å²) in [6, 6.07) is 10.6. The van der Waals surface area contributed by atoms with E-state index in [4.69, 9.17) is 10.5 Å². The molecule has 2 aromatic carbocycles. The minimum Gasteiger partial charge on any atom is -0.457 e. The molecule has 100 valence electrons. The molecule has 0 fully saturated rings. The van der Waals surface area contributed by atoms with Gasteiger partial charge in [0.1, 0.15) is 11.5 Å². The lowest BCUT2D eigenvalue weighted by molar-refractivity contribution is 0.452. The van der Waals surface area contributed by atoms with Crippen LogP contribution in [0.15, 0.2) is 42.5 Å². The van der Waals surface area contributed by atoms with Gasteiger partial charge in [-0.15, -0.1) is 0 Å². The summed E-state index contributed by atoms with van der Waals surface area (Å²) in [5.41, 5.74) is 6.83. The second-order valence-electron chi connectivity index (χ2n) is 4.23. The first kappa shape index (κ1) is 13.5. The molecule has 1 unspecified atom stereocenters. The van der Waals surface area contributed by atoms with Crippen molar-refractivity contribution in [2.75, 3.05) is 0 Å². The maximum Gasteiger partial charge on any atom is 0.162 e. The number of rotatable bonds is 4. The van der Waals surface area contributed by atoms with E-state index in [1.165, 1.54) is 6.07 Å². The standard InChI is InChI=1S/C15H15F2NO/c1-2-14(18)11-5-3-4-6-15(11)19-10-7-8-12(16)13(17)9-10/h3-9,14H,2,18H2,1H3. The van der Waals surface area contributed by atoms with E-state index in [0.717, 1.165) is 24.1 Å². The van der Waals surface area contributed by atoms with E-state index >= 15 is 0 Å². The zero-order valence-corrected chi connectivity index (χ0v) is 10.6. The van der Waals surface area contributed by atoms with Gasteiger partial charge in [0.15, 0.2) is 11.6 Å². The quantitative estimate of drug-likeness (QED) is 0.898. The summed E-state index contributed by atoms with van der Waals surface area (Å²) >= 11 is 0. The second-order valence-corrected chi connectivity index (χ2v) is 4.23. The highest BCUT2D eigenvalue weighted by Gasteiger charge is 2.11. The fourth-order valence-corrected chi connectivity index (χ4v) is 1.77. The first-order valence-electron chi connectivity index (χ1n) is 6.09. The number of ether oxygens (including phenoxy) is 1. The third kappa shape index (κ3) is 3.09. The van der Waals surface area contributed by atoms with Crippen LogP contribution in [0.3, 0.4) is 0 Å². The first-order chi connectivity index (χ1) is 9.11. The average molecular weight is 263 g/mol. The van der Waals surface area contributed by atoms with Gasteiger partial charge in [-0.25, -0.2) is 8.78 Å². The van der Waals surface area contributed by atoms with Crippen LogP contribution in [-0.2, 0) is 0 Å². The van der Waals surface area contributed by atoms with Crippen LogP contribution in [-0.4, -0.2) is 0 Å². The lowest BCUT2D eigenvalue weighted by Crippen LogP contribution is -2.09. The SMILES string of the molecule is CCC(N)c1ccccc1Oc1ccc(F)c(F)c1. The summed E-state index contributed by atoms with van der Waals surface area (Å²) in [7, 11) is 0. The molecule has 0 saturated heterocycles. The Morgan fingerprint density at radius 1 is 1.11 bits per heavy atom. The molecule has 0 aliphatic heterocycles. The smallest absolute Gasteiger partial charge is 0.162 e. The lowest BCUT2D eigenvalue weighted by Gasteiger charge is -2.15. The summed E-state index contributed by atoms with van der Waals surface area (Å²) in [4.78, 5) is 0. The number of halogens is 2. The summed E-state index contributed by atoms with van der Waals surface area (Å²) in [5.74, 6) is -1.03. The highest BCUT2D eigenvalue weighted by molar-refractivity contribution is 5.39. The van der Waals surface area contributed by atoms with Gasteiger partial charge in [0.05, 0.1) is 0 Å². The van der Waals surface area contributed by atoms with E-state index < -0.39 is 11.6 Å². The molecule has 4 heteroatoms. The number of nitrogens with two attached hydrogens (primary N) is 1. The van der Waals surface area contributed by atoms with Gasteiger partial charge in [-0.2, -0.15) is 0 Å². The minimum atomic E-state index is -0.935. The van der Waals surface area contributed by atoms with Crippen LogP contribution in [0.1, 0.15) is 24.9 Å². The molecule has 0 heterocycles. The van der Waals surface area contributed by atoms with Gasteiger partial charge in [0.25, 0.3) is 0 Å². The van der Waals surface area contributed by atoms with Crippen LogP contribution >= 0.6 is 0 Å². The maximum absolute atomic E-state index is 13.1. The molecule has 1 atom stereocenters. The van der Waals surface area contributed by atoms with Crippen molar-refractivity contribution in [1.29, 1.82) is 0 Å². The van der Waals surface area contributed by atoms with Crippen molar-refractivity contribution in [3.63, 3.8) is 0 Å². The molecule has 0 saturated carbocycles. The molecule has 0 aliphatic rings. The van der Waals surface area contributed by atoms with Crippen molar-refractivity contribution < 1.29 is 13.5 Å². The van der Waals surface area contributed by atoms with Gasteiger partial charge in [-0.05, 0) is 24.6 Å². The second kappa shape index (κ2) is 5.80. The highest BCUT2D eigenvalue weighted by Crippen LogP contribution is 2.30. The zero-order valence-electron chi connectivity index (χ0n) is 10.6. The Morgan fingerprint density at radius 3 is 2.53 bits per heavy atom. The van der Waals surface area contributed by atoms with E-state index in [9.17, 15) is 8.78 Å². The van der Waals surface area contributed by atoms with Crippen LogP contribution in [0.25, 0.3) is 0 Å². The molecule has 2 nitrogen and oxygen atoms in total. The minimum absolute atomic E-state index is 0.151. The molecule has 2 aromatic rings. The Hall–Kier alpha value is -1.94. The molecule has 0 bridgehead atoms. The fraction of sp³-hybridized carbons (Fsp3) is 0.200. The molecular weight excluding hydrogens is 248 g/mol. The Kier molecular flexibility index (Phi) is 4.12. The van der Waals surface area contributed by atoms with Crippen molar-refractivity contribution >= 4 is 0 Å². The summed E-state index contributed by atoms with van der Waals surface area (Å²) < 4.78 is 31.6. The topological polar surface area (TPSA) is 35.2 Å². The largest absolute Gasteiger partial charge is 0.457 e. The van der Waals surface area contributed by atoms with E-state index in [2.05, 4.69) is 0 Å². The third-order valence-corrected chi connectivity index (χ3v) is 2.88. The van der Waals surface area contributed by atoms with Crippen LogP contribution in [0.5, 0.6) is 11.5 Å². The van der Waals surface area contributed by atoms with E-state index in [1.54, 1.807) is 12.1 Å². The molecule has 2 N–H and O–H groups in total. The average Bonchev–Trinajstić information content (AvgIpc) is 2.43. The maximum atomic E-state index is 13.1. The van der Waals surface area contributed by atoms with Gasteiger partial charge >= 0.3 is 0 Å². The molecule has 0 spiro atoms. The van der Waals surface area contributed by atoms with Crippen molar-refractivity contribution in [3.05, 3.63) is 59.7 Å². The Labute approximate surface area is 110 Å². The number of hydrogen-bond donors (Lipinski definition) is 1. The van der Waals surface area contributed by atoms with Gasteiger partial charge in [0.2, 0.25) is 0 Å². The molecule has 2 rings (SSSR count). The summed E-state index contributed by atoms with van der Waals surface area (Å²) in [5, 5.41) is 0. The van der Waals surface area contributed by atoms with Gasteiger partial charge in [-0.3, -0.25) is 0 Å².